The normalized spacial score (nSPS) is 12.8. The molecule has 98 valence electrons. The average molecular weight is 266 g/mol. The Morgan fingerprint density at radius 2 is 2.39 bits per heavy atom. The molecule has 0 aliphatic carbocycles. The topological polar surface area (TPSA) is 62.5 Å². The molecule has 2 aromatic rings. The number of fused-ring (bicyclic) bond motifs is 1. The van der Waals surface area contributed by atoms with Gasteiger partial charge in [-0.3, -0.25) is 0 Å². The molecular formula is C12H18N4OS. The van der Waals surface area contributed by atoms with Gasteiger partial charge in [-0.15, -0.1) is 0 Å². The SMILES string of the molecule is CCCNc1cn2ccnc2c(SC(C)CO)n1. The Bertz CT molecular complexity index is 514. The van der Waals surface area contributed by atoms with Gasteiger partial charge < -0.3 is 14.8 Å². The zero-order valence-corrected chi connectivity index (χ0v) is 11.4. The first-order valence-corrected chi connectivity index (χ1v) is 6.97. The molecule has 6 heteroatoms. The zero-order chi connectivity index (χ0) is 13.0. The van der Waals surface area contributed by atoms with E-state index in [2.05, 4.69) is 22.2 Å². The van der Waals surface area contributed by atoms with Crippen molar-refractivity contribution in [3.63, 3.8) is 0 Å². The molecule has 0 aliphatic heterocycles. The van der Waals surface area contributed by atoms with E-state index >= 15 is 0 Å². The smallest absolute Gasteiger partial charge is 0.169 e. The fourth-order valence-corrected chi connectivity index (χ4v) is 2.42. The Morgan fingerprint density at radius 3 is 3.11 bits per heavy atom. The van der Waals surface area contributed by atoms with Crippen molar-refractivity contribution >= 4 is 23.2 Å². The van der Waals surface area contributed by atoms with Gasteiger partial charge in [0, 0.05) is 24.2 Å². The van der Waals surface area contributed by atoms with Crippen LogP contribution in [0.15, 0.2) is 23.6 Å². The maximum Gasteiger partial charge on any atom is 0.169 e. The second-order valence-electron chi connectivity index (χ2n) is 4.13. The van der Waals surface area contributed by atoms with Crippen molar-refractivity contribution in [3.8, 4) is 0 Å². The predicted octanol–water partition coefficient (Wildman–Crippen LogP) is 2.02. The maximum absolute atomic E-state index is 9.14. The van der Waals surface area contributed by atoms with E-state index in [1.54, 1.807) is 18.0 Å². The van der Waals surface area contributed by atoms with Crippen LogP contribution in [0.4, 0.5) is 5.82 Å². The van der Waals surface area contributed by atoms with Crippen LogP contribution in [0.25, 0.3) is 5.65 Å². The fourth-order valence-electron chi connectivity index (χ4n) is 1.55. The van der Waals surface area contributed by atoms with Crippen LogP contribution in [-0.4, -0.2) is 37.9 Å². The lowest BCUT2D eigenvalue weighted by atomic mass is 10.5. The summed E-state index contributed by atoms with van der Waals surface area (Å²) in [5, 5.41) is 13.4. The second-order valence-corrected chi connectivity index (χ2v) is 5.55. The molecule has 5 nitrogen and oxygen atoms in total. The zero-order valence-electron chi connectivity index (χ0n) is 10.6. The van der Waals surface area contributed by atoms with E-state index in [0.29, 0.717) is 0 Å². The predicted molar refractivity (Wildman–Crippen MR) is 74.2 cm³/mol. The molecule has 2 aromatic heterocycles. The molecule has 0 fully saturated rings. The summed E-state index contributed by atoms with van der Waals surface area (Å²) in [5.41, 5.74) is 0.836. The van der Waals surface area contributed by atoms with E-state index < -0.39 is 0 Å². The van der Waals surface area contributed by atoms with Gasteiger partial charge in [-0.1, -0.05) is 25.6 Å². The Balaban J connectivity index is 2.32. The summed E-state index contributed by atoms with van der Waals surface area (Å²) in [6, 6.07) is 0. The lowest BCUT2D eigenvalue weighted by Gasteiger charge is -2.11. The third kappa shape index (κ3) is 2.94. The highest BCUT2D eigenvalue weighted by Gasteiger charge is 2.11. The molecule has 2 N–H and O–H groups in total. The average Bonchev–Trinajstić information content (AvgIpc) is 2.84. The first-order valence-electron chi connectivity index (χ1n) is 6.09. The number of rotatable bonds is 6. The number of anilines is 1. The number of hydrogen-bond acceptors (Lipinski definition) is 5. The highest BCUT2D eigenvalue weighted by Crippen LogP contribution is 2.26. The van der Waals surface area contributed by atoms with Crippen LogP contribution in [-0.2, 0) is 0 Å². The first-order chi connectivity index (χ1) is 8.74. The quantitative estimate of drug-likeness (QED) is 0.783. The van der Waals surface area contributed by atoms with Crippen LogP contribution in [0.2, 0.25) is 0 Å². The highest BCUT2D eigenvalue weighted by molar-refractivity contribution is 8.00. The van der Waals surface area contributed by atoms with Gasteiger partial charge in [-0.2, -0.15) is 0 Å². The standard InChI is InChI=1S/C12H18N4OS/c1-3-4-13-10-7-16-6-5-14-11(16)12(15-10)18-9(2)8-17/h5-7,9,13,17H,3-4,8H2,1-2H3. The molecule has 18 heavy (non-hydrogen) atoms. The van der Waals surface area contributed by atoms with Gasteiger partial charge in [-0.25, -0.2) is 9.97 Å². The van der Waals surface area contributed by atoms with Crippen LogP contribution in [0.1, 0.15) is 20.3 Å². The molecule has 2 heterocycles. The fraction of sp³-hybridized carbons (Fsp3) is 0.500. The minimum atomic E-state index is 0.111. The summed E-state index contributed by atoms with van der Waals surface area (Å²) in [4.78, 5) is 8.85. The van der Waals surface area contributed by atoms with Crippen molar-refractivity contribution in [1.82, 2.24) is 14.4 Å². The maximum atomic E-state index is 9.14. The van der Waals surface area contributed by atoms with E-state index in [1.807, 2.05) is 23.7 Å². The molecular weight excluding hydrogens is 248 g/mol. The number of hydrogen-bond donors (Lipinski definition) is 2. The van der Waals surface area contributed by atoms with E-state index in [-0.39, 0.29) is 11.9 Å². The monoisotopic (exact) mass is 266 g/mol. The Kier molecular flexibility index (Phi) is 4.43. The molecule has 0 aromatic carbocycles. The summed E-state index contributed by atoms with van der Waals surface area (Å²) in [6.45, 7) is 5.11. The van der Waals surface area contributed by atoms with Crippen molar-refractivity contribution < 1.29 is 5.11 Å². The van der Waals surface area contributed by atoms with Crippen LogP contribution >= 0.6 is 11.8 Å². The van der Waals surface area contributed by atoms with E-state index in [4.69, 9.17) is 5.11 Å². The third-order valence-electron chi connectivity index (χ3n) is 2.47. The number of thioether (sulfide) groups is 1. The van der Waals surface area contributed by atoms with Gasteiger partial charge in [0.25, 0.3) is 0 Å². The van der Waals surface area contributed by atoms with E-state index in [9.17, 15) is 0 Å². The van der Waals surface area contributed by atoms with Crippen LogP contribution in [0.5, 0.6) is 0 Å². The number of aliphatic hydroxyl groups is 1. The summed E-state index contributed by atoms with van der Waals surface area (Å²) in [7, 11) is 0. The van der Waals surface area contributed by atoms with Gasteiger partial charge >= 0.3 is 0 Å². The van der Waals surface area contributed by atoms with Crippen LogP contribution < -0.4 is 5.32 Å². The molecule has 0 bridgehead atoms. The molecule has 0 radical (unpaired) electrons. The van der Waals surface area contributed by atoms with Crippen molar-refractivity contribution in [2.45, 2.75) is 30.5 Å². The Morgan fingerprint density at radius 1 is 1.56 bits per heavy atom. The van der Waals surface area contributed by atoms with Crippen molar-refractivity contribution in [3.05, 3.63) is 18.6 Å². The van der Waals surface area contributed by atoms with Gasteiger partial charge in [0.2, 0.25) is 0 Å². The van der Waals surface area contributed by atoms with Crippen molar-refractivity contribution in [2.24, 2.45) is 0 Å². The summed E-state index contributed by atoms with van der Waals surface area (Å²) >= 11 is 1.54. The van der Waals surface area contributed by atoms with E-state index in [1.165, 1.54) is 0 Å². The minimum Gasteiger partial charge on any atom is -0.395 e. The van der Waals surface area contributed by atoms with Crippen LogP contribution in [0, 0.1) is 0 Å². The molecule has 0 aliphatic rings. The molecule has 0 saturated carbocycles. The summed E-state index contributed by atoms with van der Waals surface area (Å²) in [6.07, 6.45) is 6.65. The van der Waals surface area contributed by atoms with Gasteiger partial charge in [0.05, 0.1) is 12.8 Å². The van der Waals surface area contributed by atoms with Crippen molar-refractivity contribution in [1.29, 1.82) is 0 Å². The number of aliphatic hydroxyl groups excluding tert-OH is 1. The summed E-state index contributed by atoms with van der Waals surface area (Å²) < 4.78 is 1.96. The van der Waals surface area contributed by atoms with Gasteiger partial charge in [0.1, 0.15) is 10.8 Å². The van der Waals surface area contributed by atoms with Gasteiger partial charge in [-0.05, 0) is 6.42 Å². The number of nitrogens with one attached hydrogen (secondary N) is 1. The molecule has 0 spiro atoms. The number of aromatic nitrogens is 3. The first kappa shape index (κ1) is 13.2. The second kappa shape index (κ2) is 6.06. The number of nitrogens with zero attached hydrogens (tertiary/aromatic N) is 3. The summed E-state index contributed by atoms with van der Waals surface area (Å²) in [5.74, 6) is 0.843. The highest BCUT2D eigenvalue weighted by atomic mass is 32.2. The van der Waals surface area contributed by atoms with Crippen LogP contribution in [0.3, 0.4) is 0 Å². The molecule has 1 unspecified atom stereocenters. The molecule has 2 rings (SSSR count). The lowest BCUT2D eigenvalue weighted by molar-refractivity contribution is 0.300. The van der Waals surface area contributed by atoms with Gasteiger partial charge in [0.15, 0.2) is 5.65 Å². The van der Waals surface area contributed by atoms with Crippen molar-refractivity contribution in [2.75, 3.05) is 18.5 Å². The lowest BCUT2D eigenvalue weighted by Crippen LogP contribution is -2.07. The Hall–Kier alpha value is -1.27. The minimum absolute atomic E-state index is 0.111. The molecule has 0 amide bonds. The van der Waals surface area contributed by atoms with E-state index in [0.717, 1.165) is 29.5 Å². The largest absolute Gasteiger partial charge is 0.395 e. The molecule has 0 saturated heterocycles. The Labute approximate surface area is 111 Å². The molecule has 1 atom stereocenters. The number of imidazole rings is 1. The third-order valence-corrected chi connectivity index (χ3v) is 3.52.